The van der Waals surface area contributed by atoms with Crippen molar-refractivity contribution in [3.8, 4) is 5.75 Å². The topological polar surface area (TPSA) is 63.6 Å². The Kier molecular flexibility index (Phi) is 4.10. The SMILES string of the molecule is COc1ccc(C(=O)C2CCCC2C(=O)O)c(Cl)c1. The number of rotatable bonds is 4. The number of carbonyl (C=O) groups excluding carboxylic acids is 1. The number of aliphatic carboxylic acids is 1. The fourth-order valence-electron chi connectivity index (χ4n) is 2.59. The molecule has 5 heteroatoms. The summed E-state index contributed by atoms with van der Waals surface area (Å²) in [6.45, 7) is 0. The number of benzene rings is 1. The normalized spacial score (nSPS) is 22.2. The summed E-state index contributed by atoms with van der Waals surface area (Å²) in [4.78, 5) is 23.5. The quantitative estimate of drug-likeness (QED) is 0.862. The lowest BCUT2D eigenvalue weighted by Gasteiger charge is -2.15. The van der Waals surface area contributed by atoms with Gasteiger partial charge in [-0.25, -0.2) is 0 Å². The van der Waals surface area contributed by atoms with Gasteiger partial charge in [0.25, 0.3) is 0 Å². The van der Waals surface area contributed by atoms with Gasteiger partial charge in [0.15, 0.2) is 5.78 Å². The van der Waals surface area contributed by atoms with Crippen LogP contribution in [0.5, 0.6) is 5.75 Å². The molecule has 2 rings (SSSR count). The number of methoxy groups -OCH3 is 1. The molecule has 0 radical (unpaired) electrons. The molecule has 19 heavy (non-hydrogen) atoms. The van der Waals surface area contributed by atoms with Gasteiger partial charge in [0, 0.05) is 11.5 Å². The first-order valence-corrected chi connectivity index (χ1v) is 6.53. The van der Waals surface area contributed by atoms with Gasteiger partial charge in [0.2, 0.25) is 0 Å². The van der Waals surface area contributed by atoms with E-state index >= 15 is 0 Å². The lowest BCUT2D eigenvalue weighted by molar-refractivity contribution is -0.142. The van der Waals surface area contributed by atoms with Crippen LogP contribution in [0.1, 0.15) is 29.6 Å². The zero-order valence-corrected chi connectivity index (χ0v) is 11.3. The molecular weight excluding hydrogens is 268 g/mol. The third kappa shape index (κ3) is 2.73. The molecule has 1 aliphatic rings. The Hall–Kier alpha value is -1.55. The smallest absolute Gasteiger partial charge is 0.307 e. The standard InChI is InChI=1S/C14H15ClO4/c1-19-8-5-6-11(12(15)7-8)13(16)9-3-2-4-10(9)14(17)18/h5-7,9-10H,2-4H2,1H3,(H,17,18). The highest BCUT2D eigenvalue weighted by molar-refractivity contribution is 6.34. The van der Waals surface area contributed by atoms with E-state index in [4.69, 9.17) is 21.4 Å². The van der Waals surface area contributed by atoms with Crippen molar-refractivity contribution in [2.75, 3.05) is 7.11 Å². The second-order valence-electron chi connectivity index (χ2n) is 4.69. The number of ether oxygens (including phenoxy) is 1. The van der Waals surface area contributed by atoms with Gasteiger partial charge in [0.05, 0.1) is 18.1 Å². The molecule has 1 aromatic carbocycles. The Morgan fingerprint density at radius 2 is 2.00 bits per heavy atom. The predicted molar refractivity (Wildman–Crippen MR) is 70.8 cm³/mol. The Balaban J connectivity index is 2.26. The molecular formula is C14H15ClO4. The maximum atomic E-state index is 12.4. The Labute approximate surface area is 116 Å². The number of halogens is 1. The van der Waals surface area contributed by atoms with Gasteiger partial charge in [-0.15, -0.1) is 0 Å². The summed E-state index contributed by atoms with van der Waals surface area (Å²) >= 11 is 6.06. The van der Waals surface area contributed by atoms with Crippen LogP contribution in [-0.4, -0.2) is 24.0 Å². The maximum absolute atomic E-state index is 12.4. The van der Waals surface area contributed by atoms with E-state index in [1.165, 1.54) is 7.11 Å². The fraction of sp³-hybridized carbons (Fsp3) is 0.429. The van der Waals surface area contributed by atoms with Crippen molar-refractivity contribution in [3.05, 3.63) is 28.8 Å². The van der Waals surface area contributed by atoms with Gasteiger partial charge in [-0.2, -0.15) is 0 Å². The van der Waals surface area contributed by atoms with Crippen LogP contribution in [0.15, 0.2) is 18.2 Å². The van der Waals surface area contributed by atoms with E-state index in [-0.39, 0.29) is 5.78 Å². The summed E-state index contributed by atoms with van der Waals surface area (Å²) in [5, 5.41) is 9.43. The Morgan fingerprint density at radius 1 is 1.32 bits per heavy atom. The summed E-state index contributed by atoms with van der Waals surface area (Å²) < 4.78 is 5.02. The van der Waals surface area contributed by atoms with Gasteiger partial charge < -0.3 is 9.84 Å². The fourth-order valence-corrected chi connectivity index (χ4v) is 2.86. The van der Waals surface area contributed by atoms with E-state index in [0.29, 0.717) is 29.2 Å². The molecule has 2 unspecified atom stereocenters. The molecule has 1 fully saturated rings. The molecule has 2 atom stereocenters. The van der Waals surface area contributed by atoms with Crippen LogP contribution in [0.2, 0.25) is 5.02 Å². The van der Waals surface area contributed by atoms with Crippen LogP contribution in [0.3, 0.4) is 0 Å². The molecule has 0 bridgehead atoms. The largest absolute Gasteiger partial charge is 0.497 e. The van der Waals surface area contributed by atoms with Crippen LogP contribution in [0.4, 0.5) is 0 Å². The second-order valence-corrected chi connectivity index (χ2v) is 5.10. The number of carboxylic acid groups (broad SMARTS) is 1. The highest BCUT2D eigenvalue weighted by atomic mass is 35.5. The van der Waals surface area contributed by atoms with Crippen molar-refractivity contribution >= 4 is 23.4 Å². The third-order valence-corrected chi connectivity index (χ3v) is 3.92. The number of Topliss-reactive ketones (excluding diaryl/α,β-unsaturated/α-hetero) is 1. The van der Waals surface area contributed by atoms with Crippen LogP contribution in [0.25, 0.3) is 0 Å². The summed E-state index contributed by atoms with van der Waals surface area (Å²) in [6.07, 6.45) is 1.93. The number of carboxylic acids is 1. The van der Waals surface area contributed by atoms with E-state index in [1.807, 2.05) is 0 Å². The molecule has 0 aliphatic heterocycles. The Morgan fingerprint density at radius 3 is 2.58 bits per heavy atom. The minimum absolute atomic E-state index is 0.183. The highest BCUT2D eigenvalue weighted by Gasteiger charge is 2.38. The van der Waals surface area contributed by atoms with Gasteiger partial charge in [-0.3, -0.25) is 9.59 Å². The van der Waals surface area contributed by atoms with Crippen LogP contribution < -0.4 is 4.74 Å². The molecule has 4 nitrogen and oxygen atoms in total. The minimum Gasteiger partial charge on any atom is -0.497 e. The monoisotopic (exact) mass is 282 g/mol. The van der Waals surface area contributed by atoms with Crippen LogP contribution >= 0.6 is 11.6 Å². The summed E-state index contributed by atoms with van der Waals surface area (Å²) in [5.41, 5.74) is 0.376. The van der Waals surface area contributed by atoms with Gasteiger partial charge >= 0.3 is 5.97 Å². The van der Waals surface area contributed by atoms with E-state index in [2.05, 4.69) is 0 Å². The van der Waals surface area contributed by atoms with Crippen LogP contribution in [0, 0.1) is 11.8 Å². The summed E-state index contributed by atoms with van der Waals surface area (Å²) in [5.74, 6) is -1.57. The number of hydrogen-bond acceptors (Lipinski definition) is 3. The van der Waals surface area contributed by atoms with Crippen molar-refractivity contribution in [3.63, 3.8) is 0 Å². The first kappa shape index (κ1) is 13.9. The molecule has 0 saturated heterocycles. The predicted octanol–water partition coefficient (Wildman–Crippen LogP) is 3.03. The summed E-state index contributed by atoms with van der Waals surface area (Å²) in [7, 11) is 1.52. The molecule has 0 amide bonds. The molecule has 0 heterocycles. The van der Waals surface area contributed by atoms with E-state index < -0.39 is 17.8 Å². The average Bonchev–Trinajstić information content (AvgIpc) is 2.87. The molecule has 0 aromatic heterocycles. The minimum atomic E-state index is -0.902. The third-order valence-electron chi connectivity index (χ3n) is 3.61. The first-order chi connectivity index (χ1) is 9.04. The van der Waals surface area contributed by atoms with E-state index in [9.17, 15) is 9.59 Å². The van der Waals surface area contributed by atoms with Gasteiger partial charge in [-0.05, 0) is 31.0 Å². The van der Waals surface area contributed by atoms with Crippen LogP contribution in [-0.2, 0) is 4.79 Å². The van der Waals surface area contributed by atoms with Crippen molar-refractivity contribution in [2.45, 2.75) is 19.3 Å². The second kappa shape index (κ2) is 5.61. The lowest BCUT2D eigenvalue weighted by Crippen LogP contribution is -2.25. The number of hydrogen-bond donors (Lipinski definition) is 1. The molecule has 102 valence electrons. The zero-order chi connectivity index (χ0) is 14.0. The maximum Gasteiger partial charge on any atom is 0.307 e. The average molecular weight is 283 g/mol. The van der Waals surface area contributed by atoms with Crippen molar-refractivity contribution in [1.82, 2.24) is 0 Å². The summed E-state index contributed by atoms with van der Waals surface area (Å²) in [6, 6.07) is 4.82. The molecule has 1 saturated carbocycles. The molecule has 1 N–H and O–H groups in total. The molecule has 1 aromatic rings. The lowest BCUT2D eigenvalue weighted by atomic mass is 9.88. The van der Waals surface area contributed by atoms with Gasteiger partial charge in [-0.1, -0.05) is 18.0 Å². The first-order valence-electron chi connectivity index (χ1n) is 6.15. The zero-order valence-electron chi connectivity index (χ0n) is 10.6. The van der Waals surface area contributed by atoms with E-state index in [1.54, 1.807) is 18.2 Å². The van der Waals surface area contributed by atoms with Crippen molar-refractivity contribution in [1.29, 1.82) is 0 Å². The molecule has 0 spiro atoms. The Bertz CT molecular complexity index is 512. The highest BCUT2D eigenvalue weighted by Crippen LogP contribution is 2.36. The number of ketones is 1. The van der Waals surface area contributed by atoms with E-state index in [0.717, 1.165) is 6.42 Å². The molecule has 1 aliphatic carbocycles. The van der Waals surface area contributed by atoms with Crippen molar-refractivity contribution < 1.29 is 19.4 Å². The van der Waals surface area contributed by atoms with Gasteiger partial charge in [0.1, 0.15) is 5.75 Å². The number of carbonyl (C=O) groups is 2. The van der Waals surface area contributed by atoms with Crippen molar-refractivity contribution in [2.24, 2.45) is 11.8 Å².